The molecule has 0 bridgehead atoms. The number of rotatable bonds is 7. The lowest BCUT2D eigenvalue weighted by Crippen LogP contribution is -2.56. The van der Waals surface area contributed by atoms with Crippen molar-refractivity contribution in [2.24, 2.45) is 5.92 Å². The monoisotopic (exact) mass is 315 g/mol. The van der Waals surface area contributed by atoms with Gasteiger partial charge in [-0.15, -0.1) is 0 Å². The average molecular weight is 315 g/mol. The summed E-state index contributed by atoms with van der Waals surface area (Å²) in [5, 5.41) is 5.86. The van der Waals surface area contributed by atoms with E-state index < -0.39 is 6.10 Å². The number of amides is 2. The number of ether oxygens (including phenoxy) is 2. The molecule has 22 heavy (non-hydrogen) atoms. The summed E-state index contributed by atoms with van der Waals surface area (Å²) in [6.07, 6.45) is -0.526. The lowest BCUT2D eigenvalue weighted by atomic mass is 10.0. The third kappa shape index (κ3) is 4.93. The van der Waals surface area contributed by atoms with Gasteiger partial charge in [-0.3, -0.25) is 14.5 Å². The Balaban J connectivity index is 2.63. The van der Waals surface area contributed by atoms with Crippen LogP contribution < -0.4 is 10.6 Å². The minimum Gasteiger partial charge on any atom is -0.377 e. The fraction of sp³-hybridized carbons (Fsp3) is 0.867. The zero-order chi connectivity index (χ0) is 16.9. The van der Waals surface area contributed by atoms with E-state index in [0.717, 1.165) is 0 Å². The lowest BCUT2D eigenvalue weighted by molar-refractivity contribution is -0.132. The largest absolute Gasteiger partial charge is 0.377 e. The first-order valence-corrected chi connectivity index (χ1v) is 7.65. The van der Waals surface area contributed by atoms with Crippen molar-refractivity contribution in [3.05, 3.63) is 0 Å². The molecule has 0 aliphatic carbocycles. The highest BCUT2D eigenvalue weighted by Crippen LogP contribution is 2.11. The Hall–Kier alpha value is -1.18. The van der Waals surface area contributed by atoms with E-state index >= 15 is 0 Å². The summed E-state index contributed by atoms with van der Waals surface area (Å²) >= 11 is 0. The zero-order valence-electron chi connectivity index (χ0n) is 14.4. The second-order valence-electron chi connectivity index (χ2n) is 6.30. The van der Waals surface area contributed by atoms with Crippen molar-refractivity contribution in [3.63, 3.8) is 0 Å². The number of methoxy groups -OCH3 is 1. The molecule has 1 rings (SSSR count). The summed E-state index contributed by atoms with van der Waals surface area (Å²) in [6, 6.07) is -0.666. The third-order valence-electron chi connectivity index (χ3n) is 3.92. The van der Waals surface area contributed by atoms with Crippen LogP contribution in [0.5, 0.6) is 0 Å². The summed E-state index contributed by atoms with van der Waals surface area (Å²) in [4.78, 5) is 26.3. The van der Waals surface area contributed by atoms with E-state index in [9.17, 15) is 9.59 Å². The molecule has 1 saturated heterocycles. The number of nitrogens with one attached hydrogen (secondary N) is 2. The lowest BCUT2D eigenvalue weighted by Gasteiger charge is -2.29. The van der Waals surface area contributed by atoms with Crippen LogP contribution in [0.4, 0.5) is 0 Å². The van der Waals surface area contributed by atoms with Crippen molar-refractivity contribution in [2.75, 3.05) is 34.4 Å². The molecule has 0 aromatic rings. The second kappa shape index (κ2) is 8.45. The molecule has 1 fully saturated rings. The van der Waals surface area contributed by atoms with Gasteiger partial charge in [0.25, 0.3) is 0 Å². The fourth-order valence-corrected chi connectivity index (χ4v) is 2.65. The first-order chi connectivity index (χ1) is 10.3. The molecule has 1 aliphatic heterocycles. The Morgan fingerprint density at radius 1 is 1.09 bits per heavy atom. The number of likely N-dealkylation sites (N-methyl/N-ethyl adjacent to an activating group) is 1. The highest BCUT2D eigenvalue weighted by molar-refractivity contribution is 5.83. The van der Waals surface area contributed by atoms with Gasteiger partial charge in [-0.25, -0.2) is 0 Å². The number of hydrogen-bond donors (Lipinski definition) is 2. The number of carbonyl (C=O) groups is 2. The van der Waals surface area contributed by atoms with Gasteiger partial charge < -0.3 is 20.1 Å². The Morgan fingerprint density at radius 3 is 2.00 bits per heavy atom. The summed E-state index contributed by atoms with van der Waals surface area (Å²) in [6.45, 7) is 6.49. The van der Waals surface area contributed by atoms with E-state index in [1.807, 2.05) is 32.8 Å². The molecule has 0 unspecified atom stereocenters. The van der Waals surface area contributed by atoms with Gasteiger partial charge >= 0.3 is 0 Å². The van der Waals surface area contributed by atoms with Crippen molar-refractivity contribution in [1.82, 2.24) is 15.5 Å². The molecule has 0 aromatic carbocycles. The quantitative estimate of drug-likeness (QED) is 0.669. The fourth-order valence-electron chi connectivity index (χ4n) is 2.65. The van der Waals surface area contributed by atoms with Crippen molar-refractivity contribution in [2.45, 2.75) is 45.0 Å². The second-order valence-corrected chi connectivity index (χ2v) is 6.30. The van der Waals surface area contributed by atoms with Crippen LogP contribution in [0.25, 0.3) is 0 Å². The molecule has 0 saturated carbocycles. The smallest absolute Gasteiger partial charge is 0.249 e. The summed E-state index contributed by atoms with van der Waals surface area (Å²) in [5.41, 5.74) is 0. The van der Waals surface area contributed by atoms with E-state index in [0.29, 0.717) is 13.2 Å². The Morgan fingerprint density at radius 2 is 1.59 bits per heavy atom. The molecule has 2 amide bonds. The molecular weight excluding hydrogens is 286 g/mol. The SMILES string of the molecule is CO[C@H](C)C(=O)N[C@@H]1COC[C@@H]1NC(=O)[C@@H](C(C)C)N(C)C. The normalized spacial score (nSPS) is 24.4. The minimum absolute atomic E-state index is 0.0467. The molecule has 7 heteroatoms. The molecule has 0 aromatic heterocycles. The predicted octanol–water partition coefficient (Wildman–Crippen LogP) is -0.393. The number of carbonyl (C=O) groups excluding carboxylic acids is 2. The molecule has 2 N–H and O–H groups in total. The van der Waals surface area contributed by atoms with Crippen molar-refractivity contribution < 1.29 is 19.1 Å². The van der Waals surface area contributed by atoms with Gasteiger partial charge in [0.05, 0.1) is 31.3 Å². The van der Waals surface area contributed by atoms with E-state index in [1.165, 1.54) is 7.11 Å². The minimum atomic E-state index is -0.526. The molecule has 1 aliphatic rings. The highest BCUT2D eigenvalue weighted by Gasteiger charge is 2.34. The average Bonchev–Trinajstić information content (AvgIpc) is 2.83. The van der Waals surface area contributed by atoms with Crippen LogP contribution in [0.15, 0.2) is 0 Å². The third-order valence-corrected chi connectivity index (χ3v) is 3.92. The molecule has 0 radical (unpaired) electrons. The standard InChI is InChI=1S/C15H29N3O4/c1-9(2)13(18(4)5)15(20)17-12-8-22-7-11(12)16-14(19)10(3)21-6/h9-13H,7-8H2,1-6H3,(H,16,19)(H,17,20)/t10-,11-,12+,13-/m1/s1. The van der Waals surface area contributed by atoms with Crippen molar-refractivity contribution in [3.8, 4) is 0 Å². The predicted molar refractivity (Wildman–Crippen MR) is 83.5 cm³/mol. The first kappa shape index (κ1) is 18.9. The van der Waals surface area contributed by atoms with Gasteiger partial charge in [-0.05, 0) is 26.9 Å². The molecule has 7 nitrogen and oxygen atoms in total. The van der Waals surface area contributed by atoms with Gasteiger partial charge in [0.15, 0.2) is 0 Å². The van der Waals surface area contributed by atoms with Crippen LogP contribution in [0.1, 0.15) is 20.8 Å². The van der Waals surface area contributed by atoms with Gasteiger partial charge in [-0.1, -0.05) is 13.8 Å². The Labute approximate surface area is 132 Å². The summed E-state index contributed by atoms with van der Waals surface area (Å²) < 4.78 is 10.4. The summed E-state index contributed by atoms with van der Waals surface area (Å²) in [7, 11) is 5.25. The highest BCUT2D eigenvalue weighted by atomic mass is 16.5. The van der Waals surface area contributed by atoms with Crippen LogP contribution in [-0.2, 0) is 19.1 Å². The molecule has 4 atom stereocenters. The Bertz CT molecular complexity index is 379. The van der Waals surface area contributed by atoms with E-state index in [1.54, 1.807) is 6.92 Å². The topological polar surface area (TPSA) is 79.9 Å². The van der Waals surface area contributed by atoms with Crippen molar-refractivity contribution >= 4 is 11.8 Å². The van der Waals surface area contributed by atoms with E-state index in [4.69, 9.17) is 9.47 Å². The van der Waals surface area contributed by atoms with Gasteiger partial charge in [0, 0.05) is 7.11 Å². The molecular formula is C15H29N3O4. The van der Waals surface area contributed by atoms with Crippen LogP contribution in [0.2, 0.25) is 0 Å². The maximum Gasteiger partial charge on any atom is 0.249 e. The van der Waals surface area contributed by atoms with Crippen LogP contribution in [0, 0.1) is 5.92 Å². The van der Waals surface area contributed by atoms with Gasteiger partial charge in [0.1, 0.15) is 6.10 Å². The number of nitrogens with zero attached hydrogens (tertiary/aromatic N) is 1. The van der Waals surface area contributed by atoms with Crippen LogP contribution in [-0.4, -0.2) is 75.4 Å². The molecule has 128 valence electrons. The van der Waals surface area contributed by atoms with Gasteiger partial charge in [-0.2, -0.15) is 0 Å². The van der Waals surface area contributed by atoms with E-state index in [2.05, 4.69) is 10.6 Å². The summed E-state index contributed by atoms with van der Waals surface area (Å²) in [5.74, 6) is -0.0568. The zero-order valence-corrected chi connectivity index (χ0v) is 14.4. The molecule has 0 spiro atoms. The van der Waals surface area contributed by atoms with E-state index in [-0.39, 0.29) is 35.9 Å². The maximum absolute atomic E-state index is 12.5. The van der Waals surface area contributed by atoms with Crippen LogP contribution in [0.3, 0.4) is 0 Å². The molecule has 1 heterocycles. The maximum atomic E-state index is 12.5. The Kier molecular flexibility index (Phi) is 7.25. The number of hydrogen-bond acceptors (Lipinski definition) is 5. The first-order valence-electron chi connectivity index (χ1n) is 7.65. The van der Waals surface area contributed by atoms with Crippen LogP contribution >= 0.6 is 0 Å². The van der Waals surface area contributed by atoms with Gasteiger partial charge in [0.2, 0.25) is 11.8 Å². The van der Waals surface area contributed by atoms with Crippen molar-refractivity contribution in [1.29, 1.82) is 0 Å².